The molecule has 6 heteroatoms. The highest BCUT2D eigenvalue weighted by atomic mass is 16.5. The summed E-state index contributed by atoms with van der Waals surface area (Å²) in [5, 5.41) is 14.5. The lowest BCUT2D eigenvalue weighted by atomic mass is 10.1. The number of likely N-dealkylation sites (N-methyl/N-ethyl adjacent to an activating group) is 1. The van der Waals surface area contributed by atoms with Crippen LogP contribution in [-0.2, 0) is 4.74 Å². The SMILES string of the molecule is COCC(O)CN(C)C(=O)Nc1ccc2c(c1)oc1ccccc12. The third-order valence-electron chi connectivity index (χ3n) is 3.82. The normalized spacial score (nSPS) is 12.5. The smallest absolute Gasteiger partial charge is 0.321 e. The maximum atomic E-state index is 12.2. The highest BCUT2D eigenvalue weighted by Crippen LogP contribution is 2.30. The van der Waals surface area contributed by atoms with E-state index < -0.39 is 6.10 Å². The summed E-state index contributed by atoms with van der Waals surface area (Å²) in [5.74, 6) is 0. The van der Waals surface area contributed by atoms with E-state index in [2.05, 4.69) is 5.32 Å². The zero-order valence-electron chi connectivity index (χ0n) is 13.7. The van der Waals surface area contributed by atoms with Crippen LogP contribution in [0.25, 0.3) is 21.9 Å². The molecule has 6 nitrogen and oxygen atoms in total. The minimum Gasteiger partial charge on any atom is -0.456 e. The summed E-state index contributed by atoms with van der Waals surface area (Å²) >= 11 is 0. The van der Waals surface area contributed by atoms with E-state index in [-0.39, 0.29) is 19.2 Å². The Balaban J connectivity index is 1.75. The number of rotatable bonds is 5. The second-order valence-corrected chi connectivity index (χ2v) is 5.73. The number of hydrogen-bond donors (Lipinski definition) is 2. The number of carbonyl (C=O) groups excluding carboxylic acids is 1. The maximum Gasteiger partial charge on any atom is 0.321 e. The quantitative estimate of drug-likeness (QED) is 0.755. The van der Waals surface area contributed by atoms with Gasteiger partial charge < -0.3 is 24.5 Å². The Hall–Kier alpha value is -2.57. The van der Waals surface area contributed by atoms with Gasteiger partial charge in [-0.05, 0) is 18.2 Å². The number of amides is 2. The van der Waals surface area contributed by atoms with Crippen LogP contribution >= 0.6 is 0 Å². The molecule has 0 aliphatic rings. The molecular formula is C18H20N2O4. The highest BCUT2D eigenvalue weighted by molar-refractivity contribution is 6.06. The molecule has 0 radical (unpaired) electrons. The van der Waals surface area contributed by atoms with Gasteiger partial charge in [-0.3, -0.25) is 0 Å². The largest absolute Gasteiger partial charge is 0.456 e. The fourth-order valence-electron chi connectivity index (χ4n) is 2.67. The maximum absolute atomic E-state index is 12.2. The van der Waals surface area contributed by atoms with Crippen molar-refractivity contribution in [3.63, 3.8) is 0 Å². The van der Waals surface area contributed by atoms with Crippen molar-refractivity contribution in [3.05, 3.63) is 42.5 Å². The van der Waals surface area contributed by atoms with E-state index in [1.807, 2.05) is 36.4 Å². The van der Waals surface area contributed by atoms with E-state index in [4.69, 9.17) is 9.15 Å². The summed E-state index contributed by atoms with van der Waals surface area (Å²) in [5.41, 5.74) is 2.17. The van der Waals surface area contributed by atoms with Gasteiger partial charge in [-0.2, -0.15) is 0 Å². The van der Waals surface area contributed by atoms with Crippen molar-refractivity contribution in [1.82, 2.24) is 4.90 Å². The minimum absolute atomic E-state index is 0.183. The average Bonchev–Trinajstić information content (AvgIpc) is 2.92. The molecule has 2 N–H and O–H groups in total. The monoisotopic (exact) mass is 328 g/mol. The first kappa shape index (κ1) is 16.3. The molecule has 3 rings (SSSR count). The van der Waals surface area contributed by atoms with Gasteiger partial charge in [0.2, 0.25) is 0 Å². The Morgan fingerprint density at radius 1 is 1.25 bits per heavy atom. The molecule has 2 aromatic carbocycles. The molecule has 0 saturated heterocycles. The number of nitrogens with one attached hydrogen (secondary N) is 1. The third kappa shape index (κ3) is 3.34. The van der Waals surface area contributed by atoms with Crippen LogP contribution in [0.1, 0.15) is 0 Å². The molecule has 0 bridgehead atoms. The van der Waals surface area contributed by atoms with Gasteiger partial charge in [0.15, 0.2) is 0 Å². The molecule has 1 unspecified atom stereocenters. The van der Waals surface area contributed by atoms with Crippen LogP contribution < -0.4 is 5.32 Å². The number of aliphatic hydroxyl groups excluding tert-OH is 1. The number of ether oxygens (including phenoxy) is 1. The molecule has 1 heterocycles. The summed E-state index contributed by atoms with van der Waals surface area (Å²) in [4.78, 5) is 13.6. The number of fused-ring (bicyclic) bond motifs is 3. The number of benzene rings is 2. The van der Waals surface area contributed by atoms with Crippen molar-refractivity contribution in [2.24, 2.45) is 0 Å². The van der Waals surface area contributed by atoms with Crippen LogP contribution in [0.2, 0.25) is 0 Å². The second-order valence-electron chi connectivity index (χ2n) is 5.73. The Labute approximate surface area is 139 Å². The molecule has 0 saturated carbocycles. The Morgan fingerprint density at radius 2 is 2.00 bits per heavy atom. The predicted molar refractivity (Wildman–Crippen MR) is 93.3 cm³/mol. The molecule has 1 atom stereocenters. The zero-order valence-corrected chi connectivity index (χ0v) is 13.7. The van der Waals surface area contributed by atoms with Crippen LogP contribution in [0, 0.1) is 0 Å². The fraction of sp³-hybridized carbons (Fsp3) is 0.278. The first-order valence-corrected chi connectivity index (χ1v) is 7.69. The topological polar surface area (TPSA) is 74.9 Å². The summed E-state index contributed by atoms with van der Waals surface area (Å²) in [6, 6.07) is 13.1. The van der Waals surface area contributed by atoms with Crippen molar-refractivity contribution in [3.8, 4) is 0 Å². The van der Waals surface area contributed by atoms with Crippen molar-refractivity contribution in [2.45, 2.75) is 6.10 Å². The van der Waals surface area contributed by atoms with Gasteiger partial charge in [0, 0.05) is 36.7 Å². The van der Waals surface area contributed by atoms with Crippen molar-refractivity contribution >= 4 is 33.7 Å². The van der Waals surface area contributed by atoms with Crippen LogP contribution in [0.3, 0.4) is 0 Å². The molecule has 0 fully saturated rings. The van der Waals surface area contributed by atoms with Gasteiger partial charge in [0.1, 0.15) is 11.2 Å². The standard InChI is InChI=1S/C18H20N2O4/c1-20(10-13(21)11-23-2)18(22)19-12-7-8-15-14-5-3-4-6-16(14)24-17(15)9-12/h3-9,13,21H,10-11H2,1-2H3,(H,19,22). The van der Waals surface area contributed by atoms with E-state index >= 15 is 0 Å². The van der Waals surface area contributed by atoms with E-state index in [9.17, 15) is 9.90 Å². The van der Waals surface area contributed by atoms with E-state index in [0.29, 0.717) is 5.69 Å². The summed E-state index contributed by atoms with van der Waals surface area (Å²) < 4.78 is 10.7. The Morgan fingerprint density at radius 3 is 2.79 bits per heavy atom. The number of aliphatic hydroxyl groups is 1. The van der Waals surface area contributed by atoms with Crippen molar-refractivity contribution in [2.75, 3.05) is 32.6 Å². The van der Waals surface area contributed by atoms with Crippen LogP contribution in [0.15, 0.2) is 46.9 Å². The van der Waals surface area contributed by atoms with Gasteiger partial charge in [-0.25, -0.2) is 4.79 Å². The van der Waals surface area contributed by atoms with Crippen LogP contribution in [0.4, 0.5) is 10.5 Å². The Kier molecular flexibility index (Phi) is 4.69. The van der Waals surface area contributed by atoms with Gasteiger partial charge in [-0.15, -0.1) is 0 Å². The number of hydrogen-bond acceptors (Lipinski definition) is 4. The number of anilines is 1. The molecule has 0 aliphatic carbocycles. The van der Waals surface area contributed by atoms with Crippen molar-refractivity contribution < 1.29 is 19.1 Å². The number of para-hydroxylation sites is 1. The lowest BCUT2D eigenvalue weighted by Crippen LogP contribution is -2.38. The molecule has 0 spiro atoms. The van der Waals surface area contributed by atoms with Gasteiger partial charge in [0.25, 0.3) is 0 Å². The molecule has 0 aliphatic heterocycles. The molecule has 24 heavy (non-hydrogen) atoms. The molecule has 3 aromatic rings. The minimum atomic E-state index is -0.719. The summed E-state index contributed by atoms with van der Waals surface area (Å²) in [7, 11) is 3.12. The van der Waals surface area contributed by atoms with E-state index in [0.717, 1.165) is 21.9 Å². The predicted octanol–water partition coefficient (Wildman–Crippen LogP) is 3.06. The summed E-state index contributed by atoms with van der Waals surface area (Å²) in [6.45, 7) is 0.370. The first-order valence-electron chi connectivity index (χ1n) is 7.69. The number of furan rings is 1. The van der Waals surface area contributed by atoms with Crippen LogP contribution in [0.5, 0.6) is 0 Å². The molecular weight excluding hydrogens is 308 g/mol. The number of methoxy groups -OCH3 is 1. The molecule has 2 amide bonds. The van der Waals surface area contributed by atoms with E-state index in [1.54, 1.807) is 13.1 Å². The van der Waals surface area contributed by atoms with Crippen LogP contribution in [-0.4, -0.2) is 49.5 Å². The fourth-order valence-corrected chi connectivity index (χ4v) is 2.67. The Bertz CT molecular complexity index is 858. The van der Waals surface area contributed by atoms with Gasteiger partial charge >= 0.3 is 6.03 Å². The van der Waals surface area contributed by atoms with Gasteiger partial charge in [0.05, 0.1) is 19.3 Å². The average molecular weight is 328 g/mol. The number of nitrogens with zero attached hydrogens (tertiary/aromatic N) is 1. The first-order chi connectivity index (χ1) is 11.6. The summed E-state index contributed by atoms with van der Waals surface area (Å²) in [6.07, 6.45) is -0.719. The lowest BCUT2D eigenvalue weighted by Gasteiger charge is -2.20. The molecule has 126 valence electrons. The highest BCUT2D eigenvalue weighted by Gasteiger charge is 2.14. The van der Waals surface area contributed by atoms with Gasteiger partial charge in [-0.1, -0.05) is 18.2 Å². The number of urea groups is 1. The zero-order chi connectivity index (χ0) is 17.1. The number of carbonyl (C=O) groups is 1. The van der Waals surface area contributed by atoms with E-state index in [1.165, 1.54) is 12.0 Å². The lowest BCUT2D eigenvalue weighted by molar-refractivity contribution is 0.0501. The molecule has 1 aromatic heterocycles. The third-order valence-corrected chi connectivity index (χ3v) is 3.82. The second kappa shape index (κ2) is 6.90. The van der Waals surface area contributed by atoms with Crippen molar-refractivity contribution in [1.29, 1.82) is 0 Å².